The summed E-state index contributed by atoms with van der Waals surface area (Å²) >= 11 is 5.72. The lowest BCUT2D eigenvalue weighted by Gasteiger charge is -2.07. The second-order valence-corrected chi connectivity index (χ2v) is 5.30. The molecular formula is C14H13ClFN3O. The summed E-state index contributed by atoms with van der Waals surface area (Å²) in [7, 11) is 0. The summed E-state index contributed by atoms with van der Waals surface area (Å²) in [5.41, 5.74) is 0.660. The first kappa shape index (κ1) is 13.1. The summed E-state index contributed by atoms with van der Waals surface area (Å²) in [5.74, 6) is 1.19. The van der Waals surface area contributed by atoms with E-state index < -0.39 is 5.82 Å². The molecule has 1 heterocycles. The van der Waals surface area contributed by atoms with Crippen LogP contribution in [0.25, 0.3) is 0 Å². The van der Waals surface area contributed by atoms with Crippen molar-refractivity contribution in [2.75, 3.05) is 5.32 Å². The second-order valence-electron chi connectivity index (χ2n) is 4.89. The molecule has 3 rings (SSSR count). The Kier molecular flexibility index (Phi) is 3.44. The SMILES string of the molecule is O=c1cc(NCc2ccc(F)c(Cl)c2)nc(C2CC2)[nH]1. The Morgan fingerprint density at radius 1 is 1.40 bits per heavy atom. The van der Waals surface area contributed by atoms with E-state index in [1.54, 1.807) is 12.1 Å². The molecule has 1 aliphatic carbocycles. The Morgan fingerprint density at radius 2 is 2.20 bits per heavy atom. The molecule has 104 valence electrons. The Bertz CT molecular complexity index is 697. The Hall–Kier alpha value is -1.88. The van der Waals surface area contributed by atoms with Gasteiger partial charge >= 0.3 is 0 Å². The molecular weight excluding hydrogens is 281 g/mol. The molecule has 0 unspecified atom stereocenters. The van der Waals surface area contributed by atoms with Gasteiger partial charge in [-0.3, -0.25) is 4.79 Å². The molecule has 0 saturated heterocycles. The zero-order chi connectivity index (χ0) is 14.1. The highest BCUT2D eigenvalue weighted by Gasteiger charge is 2.26. The molecule has 0 spiro atoms. The average Bonchev–Trinajstić information content (AvgIpc) is 3.24. The Labute approximate surface area is 120 Å². The third kappa shape index (κ3) is 2.99. The van der Waals surface area contributed by atoms with E-state index in [1.165, 1.54) is 12.1 Å². The lowest BCUT2D eigenvalue weighted by molar-refractivity contribution is 0.627. The normalized spacial score (nSPS) is 14.3. The molecule has 1 fully saturated rings. The summed E-state index contributed by atoms with van der Waals surface area (Å²) in [6.07, 6.45) is 2.14. The maximum Gasteiger partial charge on any atom is 0.252 e. The zero-order valence-electron chi connectivity index (χ0n) is 10.6. The molecule has 4 nitrogen and oxygen atoms in total. The van der Waals surface area contributed by atoms with Crippen molar-refractivity contribution >= 4 is 17.4 Å². The highest BCUT2D eigenvalue weighted by molar-refractivity contribution is 6.30. The molecule has 20 heavy (non-hydrogen) atoms. The highest BCUT2D eigenvalue weighted by atomic mass is 35.5. The van der Waals surface area contributed by atoms with Gasteiger partial charge in [-0.05, 0) is 30.5 Å². The fourth-order valence-electron chi connectivity index (χ4n) is 1.96. The van der Waals surface area contributed by atoms with Gasteiger partial charge < -0.3 is 10.3 Å². The predicted molar refractivity (Wildman–Crippen MR) is 75.6 cm³/mol. The van der Waals surface area contributed by atoms with E-state index in [0.717, 1.165) is 24.2 Å². The first-order valence-corrected chi connectivity index (χ1v) is 6.78. The summed E-state index contributed by atoms with van der Waals surface area (Å²) in [6, 6.07) is 5.93. The number of hydrogen-bond acceptors (Lipinski definition) is 3. The first-order valence-electron chi connectivity index (χ1n) is 6.41. The number of H-pyrrole nitrogens is 1. The number of aromatic nitrogens is 2. The standard InChI is InChI=1S/C14H13ClFN3O/c15-10-5-8(1-4-11(10)16)7-17-12-6-13(20)19-14(18-12)9-2-3-9/h1,4-6,9H,2-3,7H2,(H2,17,18,19,20). The van der Waals surface area contributed by atoms with Crippen molar-refractivity contribution in [2.24, 2.45) is 0 Å². The summed E-state index contributed by atoms with van der Waals surface area (Å²) in [4.78, 5) is 18.7. The molecule has 1 aromatic carbocycles. The van der Waals surface area contributed by atoms with E-state index in [1.807, 2.05) is 0 Å². The molecule has 1 saturated carbocycles. The monoisotopic (exact) mass is 293 g/mol. The Balaban J connectivity index is 1.74. The van der Waals surface area contributed by atoms with Crippen molar-refractivity contribution in [3.8, 4) is 0 Å². The smallest absolute Gasteiger partial charge is 0.252 e. The van der Waals surface area contributed by atoms with E-state index in [9.17, 15) is 9.18 Å². The van der Waals surface area contributed by atoms with Crippen molar-refractivity contribution in [1.82, 2.24) is 9.97 Å². The molecule has 1 aromatic heterocycles. The largest absolute Gasteiger partial charge is 0.366 e. The van der Waals surface area contributed by atoms with Gasteiger partial charge in [0.2, 0.25) is 0 Å². The van der Waals surface area contributed by atoms with Crippen LogP contribution in [0.1, 0.15) is 30.1 Å². The van der Waals surface area contributed by atoms with Crippen LogP contribution in [0.3, 0.4) is 0 Å². The number of rotatable bonds is 4. The van der Waals surface area contributed by atoms with Crippen LogP contribution in [0.2, 0.25) is 5.02 Å². The van der Waals surface area contributed by atoms with Crippen LogP contribution in [0.4, 0.5) is 10.2 Å². The minimum atomic E-state index is -0.444. The number of aromatic amines is 1. The van der Waals surface area contributed by atoms with Crippen molar-refractivity contribution in [3.05, 3.63) is 56.8 Å². The first-order chi connectivity index (χ1) is 9.61. The molecule has 0 amide bonds. The maximum absolute atomic E-state index is 13.1. The van der Waals surface area contributed by atoms with Gasteiger partial charge in [-0.2, -0.15) is 0 Å². The van der Waals surface area contributed by atoms with E-state index in [2.05, 4.69) is 15.3 Å². The molecule has 0 atom stereocenters. The lowest BCUT2D eigenvalue weighted by atomic mass is 10.2. The number of hydrogen-bond donors (Lipinski definition) is 2. The van der Waals surface area contributed by atoms with Gasteiger partial charge in [0.15, 0.2) is 0 Å². The predicted octanol–water partition coefficient (Wildman–Crippen LogP) is 3.05. The molecule has 0 bridgehead atoms. The Morgan fingerprint density at radius 3 is 2.90 bits per heavy atom. The van der Waals surface area contributed by atoms with Crippen LogP contribution in [0.5, 0.6) is 0 Å². The van der Waals surface area contributed by atoms with E-state index in [-0.39, 0.29) is 10.6 Å². The molecule has 0 radical (unpaired) electrons. The van der Waals surface area contributed by atoms with E-state index in [4.69, 9.17) is 11.6 Å². The third-order valence-electron chi connectivity index (χ3n) is 3.18. The van der Waals surface area contributed by atoms with Gasteiger partial charge in [-0.15, -0.1) is 0 Å². The number of benzene rings is 1. The van der Waals surface area contributed by atoms with Gasteiger partial charge in [0.1, 0.15) is 17.5 Å². The van der Waals surface area contributed by atoms with Crippen LogP contribution in [0, 0.1) is 5.82 Å². The van der Waals surface area contributed by atoms with Gasteiger partial charge in [0, 0.05) is 18.5 Å². The minimum absolute atomic E-state index is 0.0850. The molecule has 0 aliphatic heterocycles. The van der Waals surface area contributed by atoms with Crippen molar-refractivity contribution < 1.29 is 4.39 Å². The topological polar surface area (TPSA) is 57.8 Å². The summed E-state index contributed by atoms with van der Waals surface area (Å²) < 4.78 is 13.1. The van der Waals surface area contributed by atoms with Gasteiger partial charge in [-0.25, -0.2) is 9.37 Å². The number of halogens is 2. The number of nitrogens with zero attached hydrogens (tertiary/aromatic N) is 1. The number of nitrogens with one attached hydrogen (secondary N) is 2. The number of anilines is 1. The molecule has 2 N–H and O–H groups in total. The summed E-state index contributed by atoms with van der Waals surface area (Å²) in [6.45, 7) is 0.431. The van der Waals surface area contributed by atoms with Crippen LogP contribution < -0.4 is 10.9 Å². The zero-order valence-corrected chi connectivity index (χ0v) is 11.4. The van der Waals surface area contributed by atoms with Crippen LogP contribution >= 0.6 is 11.6 Å². The minimum Gasteiger partial charge on any atom is -0.366 e. The quantitative estimate of drug-likeness (QED) is 0.911. The van der Waals surface area contributed by atoms with Crippen LogP contribution in [-0.4, -0.2) is 9.97 Å². The lowest BCUT2D eigenvalue weighted by Crippen LogP contribution is -2.13. The fraction of sp³-hybridized carbons (Fsp3) is 0.286. The molecule has 1 aliphatic rings. The maximum atomic E-state index is 13.1. The van der Waals surface area contributed by atoms with E-state index in [0.29, 0.717) is 18.3 Å². The molecule has 2 aromatic rings. The van der Waals surface area contributed by atoms with Gasteiger partial charge in [0.25, 0.3) is 5.56 Å². The average molecular weight is 294 g/mol. The fourth-order valence-corrected chi connectivity index (χ4v) is 2.16. The van der Waals surface area contributed by atoms with Gasteiger partial charge in [0.05, 0.1) is 5.02 Å². The molecule has 6 heteroatoms. The van der Waals surface area contributed by atoms with Crippen LogP contribution in [0.15, 0.2) is 29.1 Å². The van der Waals surface area contributed by atoms with Crippen LogP contribution in [-0.2, 0) is 6.54 Å². The van der Waals surface area contributed by atoms with Crippen molar-refractivity contribution in [1.29, 1.82) is 0 Å². The third-order valence-corrected chi connectivity index (χ3v) is 3.47. The highest BCUT2D eigenvalue weighted by Crippen LogP contribution is 2.37. The second kappa shape index (κ2) is 5.25. The van der Waals surface area contributed by atoms with E-state index >= 15 is 0 Å². The van der Waals surface area contributed by atoms with Gasteiger partial charge in [-0.1, -0.05) is 17.7 Å². The van der Waals surface area contributed by atoms with Crippen molar-refractivity contribution in [2.45, 2.75) is 25.3 Å². The summed E-state index contributed by atoms with van der Waals surface area (Å²) in [5, 5.41) is 3.14. The van der Waals surface area contributed by atoms with Crippen molar-refractivity contribution in [3.63, 3.8) is 0 Å².